The second-order valence-electron chi connectivity index (χ2n) is 4.71. The first-order chi connectivity index (χ1) is 6.66. The minimum absolute atomic E-state index is 0.126. The van der Waals surface area contributed by atoms with E-state index in [9.17, 15) is 14.6 Å². The number of phosphoric acid groups is 1. The molecule has 2 heterocycles. The van der Waals surface area contributed by atoms with Crippen LogP contribution < -0.4 is 4.89 Å². The summed E-state index contributed by atoms with van der Waals surface area (Å²) in [6.45, 7) is 4.90. The van der Waals surface area contributed by atoms with Gasteiger partial charge < -0.3 is 23.8 Å². The van der Waals surface area contributed by atoms with Crippen molar-refractivity contribution >= 4 is 7.82 Å². The van der Waals surface area contributed by atoms with E-state index in [1.54, 1.807) is 20.8 Å². The fourth-order valence-electron chi connectivity index (χ4n) is 2.08. The topological polar surface area (TPSA) is 88.1 Å². The molecule has 0 bridgehead atoms. The molecule has 2 fully saturated rings. The summed E-state index contributed by atoms with van der Waals surface area (Å²) in [6, 6.07) is 0. The standard InChI is InChI=1S/C8H15O6P/c1-7(2)5(9)6-8(3,14-7)4-12-15(10,11)13-6/h5-6,9H,4H2,1-3H3,(H,10,11)/p-1/t5-,6?,8+/m0/s1. The predicted molar refractivity (Wildman–Crippen MR) is 48.0 cm³/mol. The SMILES string of the molecule is CC1(C)O[C@]2(C)COP(=O)([O-])OC2[C@@H]1O. The maximum absolute atomic E-state index is 11.1. The van der Waals surface area contributed by atoms with Gasteiger partial charge in [-0.2, -0.15) is 0 Å². The Labute approximate surface area is 87.8 Å². The lowest BCUT2D eigenvalue weighted by Crippen LogP contribution is -2.49. The van der Waals surface area contributed by atoms with Gasteiger partial charge in [0, 0.05) is 0 Å². The molecule has 7 heteroatoms. The molecular weight excluding hydrogens is 223 g/mol. The normalized spacial score (nSPS) is 53.9. The molecule has 0 saturated carbocycles. The van der Waals surface area contributed by atoms with Crippen molar-refractivity contribution in [2.45, 2.75) is 44.2 Å². The van der Waals surface area contributed by atoms with Crippen LogP contribution in [0.15, 0.2) is 0 Å². The van der Waals surface area contributed by atoms with Crippen molar-refractivity contribution in [2.24, 2.45) is 0 Å². The van der Waals surface area contributed by atoms with Gasteiger partial charge in [0.2, 0.25) is 0 Å². The second-order valence-corrected chi connectivity index (χ2v) is 6.07. The molecular formula is C8H14O6P-. The lowest BCUT2D eigenvalue weighted by atomic mass is 9.93. The number of rotatable bonds is 0. The van der Waals surface area contributed by atoms with Crippen molar-refractivity contribution in [2.75, 3.05) is 6.61 Å². The Morgan fingerprint density at radius 3 is 2.67 bits per heavy atom. The van der Waals surface area contributed by atoms with E-state index in [0.717, 1.165) is 0 Å². The quantitative estimate of drug-likeness (QED) is 0.587. The second kappa shape index (κ2) is 3.03. The third-order valence-electron chi connectivity index (χ3n) is 2.85. The molecule has 2 unspecified atom stereocenters. The summed E-state index contributed by atoms with van der Waals surface area (Å²) >= 11 is 0. The number of hydrogen-bond donors (Lipinski definition) is 1. The number of aliphatic hydroxyl groups is 1. The third-order valence-corrected chi connectivity index (χ3v) is 3.78. The van der Waals surface area contributed by atoms with Crippen molar-refractivity contribution in [3.63, 3.8) is 0 Å². The smallest absolute Gasteiger partial charge is 0.268 e. The molecule has 0 aromatic rings. The number of fused-ring (bicyclic) bond motifs is 1. The summed E-state index contributed by atoms with van der Waals surface area (Å²) < 4.78 is 26.0. The summed E-state index contributed by atoms with van der Waals surface area (Å²) in [6.07, 6.45) is -1.89. The Bertz CT molecular complexity index is 329. The number of hydrogen-bond acceptors (Lipinski definition) is 6. The molecule has 2 aliphatic heterocycles. The Hall–Kier alpha value is 0.0300. The molecule has 15 heavy (non-hydrogen) atoms. The molecule has 2 saturated heterocycles. The molecule has 6 nitrogen and oxygen atoms in total. The predicted octanol–water partition coefficient (Wildman–Crippen LogP) is -0.201. The van der Waals surface area contributed by atoms with Crippen molar-refractivity contribution in [3.05, 3.63) is 0 Å². The van der Waals surface area contributed by atoms with Crippen LogP contribution in [0.5, 0.6) is 0 Å². The molecule has 4 atom stereocenters. The minimum Gasteiger partial charge on any atom is -0.756 e. The summed E-state index contributed by atoms with van der Waals surface area (Å²) in [5.74, 6) is 0. The largest absolute Gasteiger partial charge is 0.756 e. The third kappa shape index (κ3) is 1.75. The highest BCUT2D eigenvalue weighted by atomic mass is 31.2. The van der Waals surface area contributed by atoms with E-state index in [-0.39, 0.29) is 6.61 Å². The zero-order valence-electron chi connectivity index (χ0n) is 8.80. The first-order valence-corrected chi connectivity index (χ1v) is 6.15. The van der Waals surface area contributed by atoms with Gasteiger partial charge in [0.1, 0.15) is 17.8 Å². The van der Waals surface area contributed by atoms with E-state index in [2.05, 4.69) is 4.52 Å². The van der Waals surface area contributed by atoms with Gasteiger partial charge in [0.25, 0.3) is 7.82 Å². The van der Waals surface area contributed by atoms with Gasteiger partial charge in [-0.15, -0.1) is 0 Å². The van der Waals surface area contributed by atoms with Crippen LogP contribution in [0.1, 0.15) is 20.8 Å². The number of aliphatic hydroxyl groups excluding tert-OH is 1. The monoisotopic (exact) mass is 237 g/mol. The number of phosphoric ester groups is 1. The first-order valence-electron chi connectivity index (χ1n) is 4.69. The molecule has 0 aromatic heterocycles. The van der Waals surface area contributed by atoms with Crippen LogP contribution in [0, 0.1) is 0 Å². The Kier molecular flexibility index (Phi) is 2.33. The summed E-state index contributed by atoms with van der Waals surface area (Å²) in [4.78, 5) is 11.1. The lowest BCUT2D eigenvalue weighted by molar-refractivity contribution is -0.256. The van der Waals surface area contributed by atoms with E-state index >= 15 is 0 Å². The van der Waals surface area contributed by atoms with Crippen LogP contribution in [0.4, 0.5) is 0 Å². The van der Waals surface area contributed by atoms with Crippen LogP contribution in [0.2, 0.25) is 0 Å². The van der Waals surface area contributed by atoms with Crippen molar-refractivity contribution in [1.82, 2.24) is 0 Å². The van der Waals surface area contributed by atoms with E-state index in [0.29, 0.717) is 0 Å². The molecule has 0 amide bonds. The molecule has 2 aliphatic rings. The summed E-state index contributed by atoms with van der Waals surface area (Å²) in [7, 11) is -4.28. The van der Waals surface area contributed by atoms with Crippen LogP contribution in [0.3, 0.4) is 0 Å². The van der Waals surface area contributed by atoms with Crippen LogP contribution in [-0.4, -0.2) is 35.1 Å². The molecule has 2 rings (SSSR count). The molecule has 88 valence electrons. The molecule has 0 aliphatic carbocycles. The highest BCUT2D eigenvalue weighted by molar-refractivity contribution is 7.45. The average Bonchev–Trinajstić information content (AvgIpc) is 2.23. The molecule has 0 radical (unpaired) electrons. The van der Waals surface area contributed by atoms with Gasteiger partial charge in [-0.3, -0.25) is 4.57 Å². The van der Waals surface area contributed by atoms with Gasteiger partial charge in [-0.1, -0.05) is 0 Å². The Morgan fingerprint density at radius 1 is 1.47 bits per heavy atom. The summed E-state index contributed by atoms with van der Waals surface area (Å²) in [5.41, 5.74) is -1.76. The van der Waals surface area contributed by atoms with Crippen molar-refractivity contribution < 1.29 is 28.3 Å². The fourth-order valence-corrected chi connectivity index (χ4v) is 3.17. The molecule has 1 N–H and O–H groups in total. The van der Waals surface area contributed by atoms with Crippen LogP contribution >= 0.6 is 7.82 Å². The Balaban J connectivity index is 2.31. The van der Waals surface area contributed by atoms with E-state index in [1.807, 2.05) is 0 Å². The minimum atomic E-state index is -4.28. The van der Waals surface area contributed by atoms with Crippen LogP contribution in [-0.2, 0) is 18.3 Å². The number of ether oxygens (including phenoxy) is 1. The highest BCUT2D eigenvalue weighted by Gasteiger charge is 2.60. The zero-order chi connectivity index (χ0) is 11.5. The van der Waals surface area contributed by atoms with Gasteiger partial charge in [0.15, 0.2) is 0 Å². The highest BCUT2D eigenvalue weighted by Crippen LogP contribution is 2.53. The van der Waals surface area contributed by atoms with Gasteiger partial charge in [0.05, 0.1) is 12.2 Å². The molecule has 0 aromatic carbocycles. The maximum Gasteiger partial charge on any atom is 0.268 e. The van der Waals surface area contributed by atoms with Gasteiger partial charge in [-0.05, 0) is 20.8 Å². The van der Waals surface area contributed by atoms with E-state index < -0.39 is 31.2 Å². The zero-order valence-corrected chi connectivity index (χ0v) is 9.69. The summed E-state index contributed by atoms with van der Waals surface area (Å²) in [5, 5.41) is 9.88. The van der Waals surface area contributed by atoms with Gasteiger partial charge in [-0.25, -0.2) is 0 Å². The fraction of sp³-hybridized carbons (Fsp3) is 1.00. The lowest BCUT2D eigenvalue weighted by Gasteiger charge is -2.41. The first kappa shape index (κ1) is 11.5. The van der Waals surface area contributed by atoms with Crippen molar-refractivity contribution in [1.29, 1.82) is 0 Å². The Morgan fingerprint density at radius 2 is 2.07 bits per heavy atom. The maximum atomic E-state index is 11.1. The van der Waals surface area contributed by atoms with E-state index in [4.69, 9.17) is 9.26 Å². The molecule has 0 spiro atoms. The van der Waals surface area contributed by atoms with E-state index in [1.165, 1.54) is 0 Å². The van der Waals surface area contributed by atoms with Crippen molar-refractivity contribution in [3.8, 4) is 0 Å². The van der Waals surface area contributed by atoms with Gasteiger partial charge >= 0.3 is 0 Å². The van der Waals surface area contributed by atoms with Crippen LogP contribution in [0.25, 0.3) is 0 Å². The average molecular weight is 237 g/mol.